The largest absolute Gasteiger partial charge is 0.477 e. The Morgan fingerprint density at radius 3 is 2.57 bits per heavy atom. The Hall–Kier alpha value is -2.22. The van der Waals surface area contributed by atoms with Crippen LogP contribution in [0.1, 0.15) is 38.9 Å². The molecule has 1 aromatic heterocycles. The van der Waals surface area contributed by atoms with Crippen molar-refractivity contribution >= 4 is 23.3 Å². The summed E-state index contributed by atoms with van der Waals surface area (Å²) in [5.74, 6) is -1.51. The van der Waals surface area contributed by atoms with Gasteiger partial charge >= 0.3 is 11.9 Å². The van der Waals surface area contributed by atoms with Crippen LogP contribution in [-0.2, 0) is 16.1 Å². The van der Waals surface area contributed by atoms with Crippen LogP contribution >= 0.6 is 11.3 Å². The molecule has 1 saturated heterocycles. The zero-order valence-electron chi connectivity index (χ0n) is 16.0. The van der Waals surface area contributed by atoms with Crippen molar-refractivity contribution in [1.29, 1.82) is 0 Å². The molecule has 1 unspecified atom stereocenters. The number of hydrogen-bond acceptors (Lipinski definition) is 6. The fraction of sp³-hybridized carbons (Fsp3) is 0.429. The van der Waals surface area contributed by atoms with Crippen LogP contribution in [0, 0.1) is 0 Å². The van der Waals surface area contributed by atoms with E-state index < -0.39 is 5.97 Å². The highest BCUT2D eigenvalue weighted by Crippen LogP contribution is 2.21. The van der Waals surface area contributed by atoms with Crippen molar-refractivity contribution in [3.05, 3.63) is 57.8 Å². The molecule has 1 aliphatic heterocycles. The van der Waals surface area contributed by atoms with Crippen molar-refractivity contribution in [2.75, 3.05) is 26.7 Å². The lowest BCUT2D eigenvalue weighted by Gasteiger charge is -2.30. The summed E-state index contributed by atoms with van der Waals surface area (Å²) in [6.45, 7) is 2.84. The number of rotatable bonds is 8. The summed E-state index contributed by atoms with van der Waals surface area (Å²) >= 11 is 1.24. The SMILES string of the molecule is CN1CCC(OC(=O)C(CNCc2ccc(C(=O)O)s2)c2ccccc2)CC1. The lowest BCUT2D eigenvalue weighted by atomic mass is 9.98. The number of thiophene rings is 1. The van der Waals surface area contributed by atoms with Crippen LogP contribution in [0.25, 0.3) is 0 Å². The minimum atomic E-state index is -0.917. The van der Waals surface area contributed by atoms with Gasteiger partial charge < -0.3 is 20.1 Å². The molecule has 1 atom stereocenters. The number of esters is 1. The summed E-state index contributed by atoms with van der Waals surface area (Å²) in [7, 11) is 2.08. The molecule has 2 heterocycles. The zero-order chi connectivity index (χ0) is 19.9. The molecular formula is C21H26N2O4S. The van der Waals surface area contributed by atoms with E-state index in [-0.39, 0.29) is 18.0 Å². The average Bonchev–Trinajstić information content (AvgIpc) is 3.17. The first-order chi connectivity index (χ1) is 13.5. The number of carboxylic acid groups (broad SMARTS) is 1. The maximum absolute atomic E-state index is 12.9. The van der Waals surface area contributed by atoms with Gasteiger partial charge in [-0.25, -0.2) is 4.79 Å². The van der Waals surface area contributed by atoms with Crippen LogP contribution in [0.2, 0.25) is 0 Å². The summed E-state index contributed by atoms with van der Waals surface area (Å²) < 4.78 is 5.81. The first kappa shape index (κ1) is 20.5. The number of hydrogen-bond donors (Lipinski definition) is 2. The molecule has 0 radical (unpaired) electrons. The van der Waals surface area contributed by atoms with Gasteiger partial charge in [-0.15, -0.1) is 11.3 Å². The van der Waals surface area contributed by atoms with Gasteiger partial charge in [-0.3, -0.25) is 4.79 Å². The molecule has 7 heteroatoms. The minimum Gasteiger partial charge on any atom is -0.477 e. The Bertz CT molecular complexity index is 785. The first-order valence-electron chi connectivity index (χ1n) is 9.49. The number of benzene rings is 1. The highest BCUT2D eigenvalue weighted by atomic mass is 32.1. The minimum absolute atomic E-state index is 0.0228. The van der Waals surface area contributed by atoms with Gasteiger partial charge in [-0.1, -0.05) is 30.3 Å². The summed E-state index contributed by atoms with van der Waals surface area (Å²) in [5.41, 5.74) is 0.922. The van der Waals surface area contributed by atoms with E-state index in [4.69, 9.17) is 9.84 Å². The third kappa shape index (κ3) is 5.64. The molecule has 6 nitrogen and oxygen atoms in total. The molecule has 0 saturated carbocycles. The first-order valence-corrected chi connectivity index (χ1v) is 10.3. The molecule has 150 valence electrons. The second kappa shape index (κ2) is 9.82. The Morgan fingerprint density at radius 2 is 1.93 bits per heavy atom. The number of aromatic carboxylic acids is 1. The van der Waals surface area contributed by atoms with Crippen molar-refractivity contribution in [1.82, 2.24) is 10.2 Å². The molecule has 1 fully saturated rings. The van der Waals surface area contributed by atoms with Crippen LogP contribution in [0.5, 0.6) is 0 Å². The van der Waals surface area contributed by atoms with Crippen molar-refractivity contribution in [3.63, 3.8) is 0 Å². The van der Waals surface area contributed by atoms with Gasteiger partial charge in [0.2, 0.25) is 0 Å². The van der Waals surface area contributed by atoms with E-state index in [1.54, 1.807) is 12.1 Å². The zero-order valence-corrected chi connectivity index (χ0v) is 16.8. The van der Waals surface area contributed by atoms with Gasteiger partial charge in [-0.2, -0.15) is 0 Å². The van der Waals surface area contributed by atoms with E-state index in [1.165, 1.54) is 11.3 Å². The standard InChI is InChI=1S/C21H26N2O4S/c1-23-11-9-16(10-12-23)27-21(26)18(15-5-3-2-4-6-15)14-22-13-17-7-8-19(28-17)20(24)25/h2-8,16,18,22H,9-14H2,1H3,(H,24,25). The lowest BCUT2D eigenvalue weighted by Crippen LogP contribution is -2.37. The van der Waals surface area contributed by atoms with Gasteiger partial charge in [0.05, 0.1) is 5.92 Å². The van der Waals surface area contributed by atoms with Crippen molar-refractivity contribution in [2.45, 2.75) is 31.4 Å². The third-order valence-corrected chi connectivity index (χ3v) is 6.03. The number of carbonyl (C=O) groups is 2. The molecule has 3 rings (SSSR count). The Kier molecular flexibility index (Phi) is 7.19. The van der Waals surface area contributed by atoms with Crippen LogP contribution in [0.3, 0.4) is 0 Å². The molecule has 0 spiro atoms. The molecule has 0 aliphatic carbocycles. The summed E-state index contributed by atoms with van der Waals surface area (Å²) in [6.07, 6.45) is 1.71. The molecule has 0 amide bonds. The Balaban J connectivity index is 1.60. The maximum Gasteiger partial charge on any atom is 0.345 e. The molecule has 28 heavy (non-hydrogen) atoms. The number of carboxylic acids is 1. The topological polar surface area (TPSA) is 78.9 Å². The van der Waals surface area contributed by atoms with E-state index in [9.17, 15) is 9.59 Å². The smallest absolute Gasteiger partial charge is 0.345 e. The van der Waals surface area contributed by atoms with Crippen molar-refractivity contribution in [3.8, 4) is 0 Å². The maximum atomic E-state index is 12.9. The number of likely N-dealkylation sites (tertiary alicyclic amines) is 1. The number of nitrogens with one attached hydrogen (secondary N) is 1. The number of piperidine rings is 1. The highest BCUT2D eigenvalue weighted by molar-refractivity contribution is 7.13. The predicted octanol–water partition coefficient (Wildman–Crippen LogP) is 2.96. The second-order valence-electron chi connectivity index (χ2n) is 7.10. The van der Waals surface area contributed by atoms with E-state index in [1.807, 2.05) is 30.3 Å². The second-order valence-corrected chi connectivity index (χ2v) is 8.27. The molecule has 2 aromatic rings. The number of carbonyl (C=O) groups excluding carboxylic acids is 1. The monoisotopic (exact) mass is 402 g/mol. The average molecular weight is 403 g/mol. The highest BCUT2D eigenvalue weighted by Gasteiger charge is 2.27. The van der Waals surface area contributed by atoms with Crippen LogP contribution < -0.4 is 5.32 Å². The number of nitrogens with zero attached hydrogens (tertiary/aromatic N) is 1. The summed E-state index contributed by atoms with van der Waals surface area (Å²) in [6, 6.07) is 13.1. The molecule has 1 aliphatic rings. The third-order valence-electron chi connectivity index (χ3n) is 4.96. The fourth-order valence-corrected chi connectivity index (χ4v) is 4.12. The number of ether oxygens (including phenoxy) is 1. The Morgan fingerprint density at radius 1 is 1.21 bits per heavy atom. The predicted molar refractivity (Wildman–Crippen MR) is 109 cm³/mol. The molecule has 1 aromatic carbocycles. The summed E-state index contributed by atoms with van der Waals surface area (Å²) in [5, 5.41) is 12.3. The van der Waals surface area contributed by atoms with E-state index in [0.717, 1.165) is 36.4 Å². The molecule has 0 bridgehead atoms. The van der Waals surface area contributed by atoms with Crippen LogP contribution in [0.4, 0.5) is 0 Å². The van der Waals surface area contributed by atoms with Crippen LogP contribution in [0.15, 0.2) is 42.5 Å². The van der Waals surface area contributed by atoms with Gasteiger partial charge in [0, 0.05) is 31.1 Å². The van der Waals surface area contributed by atoms with Gasteiger partial charge in [-0.05, 0) is 37.6 Å². The van der Waals surface area contributed by atoms with E-state index in [2.05, 4.69) is 17.3 Å². The normalized spacial score (nSPS) is 16.6. The fourth-order valence-electron chi connectivity index (χ4n) is 3.30. The van der Waals surface area contributed by atoms with Crippen molar-refractivity contribution in [2.24, 2.45) is 0 Å². The molecular weight excluding hydrogens is 376 g/mol. The van der Waals surface area contributed by atoms with Gasteiger partial charge in [0.25, 0.3) is 0 Å². The Labute approximate surface area is 169 Å². The van der Waals surface area contributed by atoms with E-state index >= 15 is 0 Å². The van der Waals surface area contributed by atoms with E-state index in [0.29, 0.717) is 18.0 Å². The van der Waals surface area contributed by atoms with Crippen molar-refractivity contribution < 1.29 is 19.4 Å². The summed E-state index contributed by atoms with van der Waals surface area (Å²) in [4.78, 5) is 27.4. The lowest BCUT2D eigenvalue weighted by molar-refractivity contribution is -0.152. The molecule has 2 N–H and O–H groups in total. The van der Waals surface area contributed by atoms with Gasteiger partial charge in [0.15, 0.2) is 0 Å². The quantitative estimate of drug-likeness (QED) is 0.661. The van der Waals surface area contributed by atoms with Gasteiger partial charge in [0.1, 0.15) is 11.0 Å². The van der Waals surface area contributed by atoms with Crippen LogP contribution in [-0.4, -0.2) is 54.7 Å².